The smallest absolute Gasteiger partial charge is 0.270 e. The summed E-state index contributed by atoms with van der Waals surface area (Å²) in [5.41, 5.74) is 2.09. The van der Waals surface area contributed by atoms with E-state index in [0.717, 1.165) is 31.6 Å². The fourth-order valence-electron chi connectivity index (χ4n) is 3.26. The van der Waals surface area contributed by atoms with E-state index in [-0.39, 0.29) is 11.3 Å². The first-order valence-corrected chi connectivity index (χ1v) is 9.19. The molecule has 2 aromatic rings. The predicted molar refractivity (Wildman–Crippen MR) is 108 cm³/mol. The minimum absolute atomic E-state index is 0.138. The number of nitro groups is 1. The van der Waals surface area contributed by atoms with Crippen LogP contribution in [0.3, 0.4) is 0 Å². The monoisotopic (exact) mass is 388 g/mol. The van der Waals surface area contributed by atoms with Gasteiger partial charge in [-0.3, -0.25) is 14.9 Å². The van der Waals surface area contributed by atoms with Crippen LogP contribution < -0.4 is 15.5 Å². The summed E-state index contributed by atoms with van der Waals surface area (Å²) in [5.74, 6) is -0.427. The molecular weight excluding hydrogens is 368 g/mol. The molecule has 0 bridgehead atoms. The van der Waals surface area contributed by atoms with Crippen LogP contribution in [-0.2, 0) is 0 Å². The van der Waals surface area contributed by atoms with Crippen LogP contribution in [0.1, 0.15) is 29.6 Å². The zero-order valence-electron chi connectivity index (χ0n) is 15.0. The standard InChI is InChI=1S/C19H21ClN4O3/c1-21-16-7-6-14(24(26)27)12-15(16)19(25)22-17-11-13(20)5-8-18(17)23-9-3-2-4-10-23/h5-8,11-12,21H,2-4,9-10H2,1H3,(H,22,25). The first kappa shape index (κ1) is 19.0. The second-order valence-corrected chi connectivity index (χ2v) is 6.84. The molecule has 0 atom stereocenters. The Labute approximate surface area is 162 Å². The van der Waals surface area contributed by atoms with Gasteiger partial charge in [-0.2, -0.15) is 0 Å². The van der Waals surface area contributed by atoms with Crippen molar-refractivity contribution in [1.82, 2.24) is 0 Å². The van der Waals surface area contributed by atoms with Crippen molar-refractivity contribution in [2.75, 3.05) is 35.7 Å². The zero-order valence-corrected chi connectivity index (χ0v) is 15.8. The number of nitro benzene ring substituents is 1. The lowest BCUT2D eigenvalue weighted by atomic mass is 10.1. The maximum Gasteiger partial charge on any atom is 0.270 e. The molecule has 1 saturated heterocycles. The van der Waals surface area contributed by atoms with Crippen molar-refractivity contribution in [1.29, 1.82) is 0 Å². The maximum atomic E-state index is 12.9. The third-order valence-corrected chi connectivity index (χ3v) is 4.87. The van der Waals surface area contributed by atoms with Gasteiger partial charge < -0.3 is 15.5 Å². The number of hydrogen-bond donors (Lipinski definition) is 2. The number of halogens is 1. The average molecular weight is 389 g/mol. The van der Waals surface area contributed by atoms with Gasteiger partial charge in [0, 0.05) is 43.0 Å². The lowest BCUT2D eigenvalue weighted by molar-refractivity contribution is -0.384. The summed E-state index contributed by atoms with van der Waals surface area (Å²) in [4.78, 5) is 25.7. The molecule has 0 aliphatic carbocycles. The lowest BCUT2D eigenvalue weighted by Crippen LogP contribution is -2.30. The Balaban J connectivity index is 1.93. The van der Waals surface area contributed by atoms with Gasteiger partial charge in [0.15, 0.2) is 0 Å². The minimum atomic E-state index is -0.519. The quantitative estimate of drug-likeness (QED) is 0.580. The summed E-state index contributed by atoms with van der Waals surface area (Å²) in [7, 11) is 1.66. The molecule has 0 aromatic heterocycles. The number of carbonyl (C=O) groups excluding carboxylic acids is 1. The second-order valence-electron chi connectivity index (χ2n) is 6.40. The molecular formula is C19H21ClN4O3. The number of anilines is 3. The van der Waals surface area contributed by atoms with E-state index >= 15 is 0 Å². The number of piperidine rings is 1. The molecule has 2 N–H and O–H groups in total. The van der Waals surface area contributed by atoms with Crippen LogP contribution in [0.4, 0.5) is 22.7 Å². The van der Waals surface area contributed by atoms with Crippen molar-refractivity contribution < 1.29 is 9.72 Å². The molecule has 1 heterocycles. The Morgan fingerprint density at radius 2 is 1.85 bits per heavy atom. The number of amides is 1. The second kappa shape index (κ2) is 8.26. The molecule has 27 heavy (non-hydrogen) atoms. The summed E-state index contributed by atoms with van der Waals surface area (Å²) in [6.45, 7) is 1.84. The van der Waals surface area contributed by atoms with Crippen molar-refractivity contribution >= 4 is 40.3 Å². The molecule has 1 aliphatic heterocycles. The van der Waals surface area contributed by atoms with Crippen molar-refractivity contribution in [2.45, 2.75) is 19.3 Å². The predicted octanol–water partition coefficient (Wildman–Crippen LogP) is 4.53. The fourth-order valence-corrected chi connectivity index (χ4v) is 3.43. The van der Waals surface area contributed by atoms with Crippen molar-refractivity contribution in [3.63, 3.8) is 0 Å². The molecule has 0 spiro atoms. The van der Waals surface area contributed by atoms with Crippen LogP contribution in [0, 0.1) is 10.1 Å². The largest absolute Gasteiger partial charge is 0.387 e. The molecule has 0 unspecified atom stereocenters. The normalized spacial score (nSPS) is 13.9. The van der Waals surface area contributed by atoms with Crippen LogP contribution >= 0.6 is 11.6 Å². The van der Waals surface area contributed by atoms with Crippen molar-refractivity contribution in [3.8, 4) is 0 Å². The fraction of sp³-hybridized carbons (Fsp3) is 0.316. The van der Waals surface area contributed by atoms with Gasteiger partial charge in [-0.25, -0.2) is 0 Å². The van der Waals surface area contributed by atoms with Gasteiger partial charge in [0.05, 0.1) is 21.9 Å². The third-order valence-electron chi connectivity index (χ3n) is 4.63. The lowest BCUT2D eigenvalue weighted by Gasteiger charge is -2.30. The van der Waals surface area contributed by atoms with Gasteiger partial charge in [0.25, 0.3) is 11.6 Å². The number of nitrogens with zero attached hydrogens (tertiary/aromatic N) is 2. The van der Waals surface area contributed by atoms with Crippen LogP contribution in [0.25, 0.3) is 0 Å². The number of carbonyl (C=O) groups is 1. The molecule has 7 nitrogen and oxygen atoms in total. The molecule has 0 radical (unpaired) electrons. The van der Waals surface area contributed by atoms with Gasteiger partial charge >= 0.3 is 0 Å². The van der Waals surface area contributed by atoms with E-state index in [1.165, 1.54) is 24.6 Å². The molecule has 0 saturated carbocycles. The molecule has 1 fully saturated rings. The van der Waals surface area contributed by atoms with E-state index in [2.05, 4.69) is 15.5 Å². The van der Waals surface area contributed by atoms with Gasteiger partial charge in [0.2, 0.25) is 0 Å². The molecule has 1 aliphatic rings. The average Bonchev–Trinajstić information content (AvgIpc) is 2.68. The van der Waals surface area contributed by atoms with Crippen LogP contribution in [0.2, 0.25) is 5.02 Å². The van der Waals surface area contributed by atoms with E-state index < -0.39 is 10.8 Å². The highest BCUT2D eigenvalue weighted by Crippen LogP contribution is 2.32. The molecule has 1 amide bonds. The number of nitrogens with one attached hydrogen (secondary N) is 2. The number of benzene rings is 2. The summed E-state index contributed by atoms with van der Waals surface area (Å²) >= 11 is 6.14. The molecule has 2 aromatic carbocycles. The first-order valence-electron chi connectivity index (χ1n) is 8.81. The van der Waals surface area contributed by atoms with Crippen LogP contribution in [0.15, 0.2) is 36.4 Å². The van der Waals surface area contributed by atoms with Crippen LogP contribution in [-0.4, -0.2) is 31.0 Å². The highest BCUT2D eigenvalue weighted by molar-refractivity contribution is 6.31. The Kier molecular flexibility index (Phi) is 5.81. The Morgan fingerprint density at radius 3 is 2.52 bits per heavy atom. The maximum absolute atomic E-state index is 12.9. The van der Waals surface area contributed by atoms with E-state index in [1.807, 2.05) is 6.07 Å². The summed E-state index contributed by atoms with van der Waals surface area (Å²) in [5, 5.41) is 17.4. The van der Waals surface area contributed by atoms with Gasteiger partial charge in [-0.05, 0) is 43.5 Å². The Hall–Kier alpha value is -2.80. The van der Waals surface area contributed by atoms with Gasteiger partial charge in [-0.15, -0.1) is 0 Å². The Bertz CT molecular complexity index is 866. The van der Waals surface area contributed by atoms with E-state index in [1.54, 1.807) is 19.2 Å². The van der Waals surface area contributed by atoms with Gasteiger partial charge in [0.1, 0.15) is 0 Å². The van der Waals surface area contributed by atoms with Crippen LogP contribution in [0.5, 0.6) is 0 Å². The minimum Gasteiger partial charge on any atom is -0.387 e. The molecule has 142 valence electrons. The van der Waals surface area contributed by atoms with E-state index in [9.17, 15) is 14.9 Å². The SMILES string of the molecule is CNc1ccc([N+](=O)[O-])cc1C(=O)Nc1cc(Cl)ccc1N1CCCCC1. The zero-order chi connectivity index (χ0) is 19.4. The Morgan fingerprint density at radius 1 is 1.11 bits per heavy atom. The number of non-ortho nitro benzene ring substituents is 1. The summed E-state index contributed by atoms with van der Waals surface area (Å²) in [6.07, 6.45) is 3.40. The van der Waals surface area contributed by atoms with E-state index in [0.29, 0.717) is 16.4 Å². The summed E-state index contributed by atoms with van der Waals surface area (Å²) < 4.78 is 0. The topological polar surface area (TPSA) is 87.5 Å². The molecule has 8 heteroatoms. The van der Waals surface area contributed by atoms with Crippen molar-refractivity contribution in [2.24, 2.45) is 0 Å². The number of rotatable bonds is 5. The highest BCUT2D eigenvalue weighted by atomic mass is 35.5. The molecule has 3 rings (SSSR count). The summed E-state index contributed by atoms with van der Waals surface area (Å²) in [6, 6.07) is 9.56. The van der Waals surface area contributed by atoms with Crippen molar-refractivity contribution in [3.05, 3.63) is 57.1 Å². The third kappa shape index (κ3) is 4.31. The van der Waals surface area contributed by atoms with Gasteiger partial charge in [-0.1, -0.05) is 11.6 Å². The first-order chi connectivity index (χ1) is 13.0. The number of hydrogen-bond acceptors (Lipinski definition) is 5. The van der Waals surface area contributed by atoms with E-state index in [4.69, 9.17) is 11.6 Å². The highest BCUT2D eigenvalue weighted by Gasteiger charge is 2.20.